The second kappa shape index (κ2) is 3.04. The Morgan fingerprint density at radius 1 is 0.938 bits per heavy atom. The minimum atomic E-state index is -0.381. The van der Waals surface area contributed by atoms with Crippen LogP contribution in [0.5, 0.6) is 0 Å². The standard InChI is InChI=1S/C15H26O/c1-9-10-6-8-15(4,16)13-11(9)5-7-14(2,3)12(10)13/h9-13,16H,5-8H2,1-4H3/t9-,10?,11?,12?,13?,15?/m0/s1. The van der Waals surface area contributed by atoms with Crippen molar-refractivity contribution in [2.75, 3.05) is 0 Å². The fourth-order valence-corrected chi connectivity index (χ4v) is 5.63. The Labute approximate surface area is 99.6 Å². The molecule has 0 aromatic carbocycles. The molecule has 3 aliphatic rings. The molecule has 5 unspecified atom stereocenters. The summed E-state index contributed by atoms with van der Waals surface area (Å²) in [6, 6.07) is 0. The predicted octanol–water partition coefficient (Wildman–Crippen LogP) is 3.47. The first-order valence-corrected chi connectivity index (χ1v) is 7.07. The summed E-state index contributed by atoms with van der Waals surface area (Å²) in [5.41, 5.74) is 0.0787. The maximum Gasteiger partial charge on any atom is 0.0653 e. The summed E-state index contributed by atoms with van der Waals surface area (Å²) in [6.07, 6.45) is 5.02. The van der Waals surface area contributed by atoms with E-state index in [9.17, 15) is 5.11 Å². The SMILES string of the molecule is C[C@H]1C2CCC(C)(O)C3C1CCC(C)(C)C23. The van der Waals surface area contributed by atoms with Crippen LogP contribution in [0.15, 0.2) is 0 Å². The van der Waals surface area contributed by atoms with Crippen LogP contribution >= 0.6 is 0 Å². The number of hydrogen-bond acceptors (Lipinski definition) is 1. The van der Waals surface area contributed by atoms with Crippen molar-refractivity contribution in [3.63, 3.8) is 0 Å². The van der Waals surface area contributed by atoms with Crippen LogP contribution in [0, 0.1) is 35.0 Å². The summed E-state index contributed by atoms with van der Waals surface area (Å²) in [6.45, 7) is 9.43. The molecule has 0 heterocycles. The molecule has 0 aromatic heterocycles. The highest BCUT2D eigenvalue weighted by Gasteiger charge is 2.63. The number of hydrogen-bond donors (Lipinski definition) is 1. The van der Waals surface area contributed by atoms with Crippen LogP contribution in [0.2, 0.25) is 0 Å². The van der Waals surface area contributed by atoms with E-state index in [4.69, 9.17) is 0 Å². The number of rotatable bonds is 0. The highest BCUT2D eigenvalue weighted by atomic mass is 16.3. The summed E-state index contributed by atoms with van der Waals surface area (Å²) in [4.78, 5) is 0. The van der Waals surface area contributed by atoms with Gasteiger partial charge in [0, 0.05) is 0 Å². The average molecular weight is 222 g/mol. The van der Waals surface area contributed by atoms with Crippen LogP contribution in [0.4, 0.5) is 0 Å². The zero-order valence-corrected chi connectivity index (χ0v) is 11.2. The van der Waals surface area contributed by atoms with Crippen molar-refractivity contribution in [1.29, 1.82) is 0 Å². The minimum absolute atomic E-state index is 0.381. The van der Waals surface area contributed by atoms with Crippen LogP contribution in [-0.4, -0.2) is 10.7 Å². The van der Waals surface area contributed by atoms with Gasteiger partial charge in [0.15, 0.2) is 0 Å². The van der Waals surface area contributed by atoms with Gasteiger partial charge in [0.2, 0.25) is 0 Å². The summed E-state index contributed by atoms with van der Waals surface area (Å²) >= 11 is 0. The Hall–Kier alpha value is -0.0400. The second-order valence-electron chi connectivity index (χ2n) is 7.66. The van der Waals surface area contributed by atoms with Gasteiger partial charge in [-0.2, -0.15) is 0 Å². The Kier molecular flexibility index (Phi) is 2.11. The van der Waals surface area contributed by atoms with Crippen LogP contribution in [0.3, 0.4) is 0 Å². The molecule has 1 nitrogen and oxygen atoms in total. The smallest absolute Gasteiger partial charge is 0.0653 e. The molecule has 0 spiro atoms. The van der Waals surface area contributed by atoms with Gasteiger partial charge >= 0.3 is 0 Å². The maximum absolute atomic E-state index is 10.7. The van der Waals surface area contributed by atoms with Crippen molar-refractivity contribution >= 4 is 0 Å². The van der Waals surface area contributed by atoms with Crippen molar-refractivity contribution in [1.82, 2.24) is 0 Å². The molecule has 92 valence electrons. The Morgan fingerprint density at radius 2 is 1.50 bits per heavy atom. The fourth-order valence-electron chi connectivity index (χ4n) is 5.63. The van der Waals surface area contributed by atoms with Gasteiger partial charge in [0.25, 0.3) is 0 Å². The third kappa shape index (κ3) is 1.21. The number of aliphatic hydroxyl groups is 1. The van der Waals surface area contributed by atoms with Gasteiger partial charge < -0.3 is 5.11 Å². The Bertz CT molecular complexity index is 275. The van der Waals surface area contributed by atoms with E-state index in [-0.39, 0.29) is 5.60 Å². The van der Waals surface area contributed by atoms with Crippen LogP contribution in [0.1, 0.15) is 53.4 Å². The molecule has 0 aromatic rings. The molecular formula is C15H26O. The lowest BCUT2D eigenvalue weighted by Gasteiger charge is -2.52. The van der Waals surface area contributed by atoms with Gasteiger partial charge in [-0.1, -0.05) is 20.8 Å². The van der Waals surface area contributed by atoms with Crippen molar-refractivity contribution in [3.05, 3.63) is 0 Å². The summed E-state index contributed by atoms with van der Waals surface area (Å²) in [5, 5.41) is 10.7. The molecule has 0 aliphatic heterocycles. The first-order chi connectivity index (χ1) is 7.34. The lowest BCUT2D eigenvalue weighted by atomic mass is 9.55. The molecule has 1 N–H and O–H groups in total. The van der Waals surface area contributed by atoms with E-state index >= 15 is 0 Å². The van der Waals surface area contributed by atoms with E-state index in [1.54, 1.807) is 0 Å². The Morgan fingerprint density at radius 3 is 2.12 bits per heavy atom. The molecule has 3 aliphatic carbocycles. The van der Waals surface area contributed by atoms with Crippen molar-refractivity contribution in [3.8, 4) is 0 Å². The lowest BCUT2D eigenvalue weighted by molar-refractivity contribution is -0.115. The minimum Gasteiger partial charge on any atom is -0.390 e. The Balaban J connectivity index is 2.06. The normalized spacial score (nSPS) is 58.7. The van der Waals surface area contributed by atoms with E-state index in [0.717, 1.165) is 30.1 Å². The molecular weight excluding hydrogens is 196 g/mol. The van der Waals surface area contributed by atoms with Gasteiger partial charge in [0.05, 0.1) is 5.60 Å². The second-order valence-corrected chi connectivity index (χ2v) is 7.66. The van der Waals surface area contributed by atoms with E-state index in [2.05, 4.69) is 27.7 Å². The highest BCUT2D eigenvalue weighted by Crippen LogP contribution is 2.67. The molecule has 3 fully saturated rings. The molecule has 3 saturated carbocycles. The van der Waals surface area contributed by atoms with Gasteiger partial charge in [-0.3, -0.25) is 0 Å². The van der Waals surface area contributed by atoms with Crippen LogP contribution < -0.4 is 0 Å². The topological polar surface area (TPSA) is 20.2 Å². The van der Waals surface area contributed by atoms with Crippen molar-refractivity contribution in [2.24, 2.45) is 35.0 Å². The molecule has 4 bridgehead atoms. The van der Waals surface area contributed by atoms with Gasteiger partial charge in [-0.25, -0.2) is 0 Å². The molecule has 1 heteroatoms. The molecule has 16 heavy (non-hydrogen) atoms. The molecule has 0 amide bonds. The van der Waals surface area contributed by atoms with E-state index in [0.29, 0.717) is 11.3 Å². The first-order valence-electron chi connectivity index (χ1n) is 7.07. The molecule has 0 radical (unpaired) electrons. The summed E-state index contributed by atoms with van der Waals surface area (Å²) < 4.78 is 0. The van der Waals surface area contributed by atoms with Crippen molar-refractivity contribution < 1.29 is 5.11 Å². The van der Waals surface area contributed by atoms with Gasteiger partial charge in [-0.05, 0) is 67.6 Å². The quantitative estimate of drug-likeness (QED) is 0.665. The van der Waals surface area contributed by atoms with Crippen LogP contribution in [-0.2, 0) is 0 Å². The summed E-state index contributed by atoms with van der Waals surface area (Å²) in [7, 11) is 0. The van der Waals surface area contributed by atoms with E-state index in [1.807, 2.05) is 0 Å². The van der Waals surface area contributed by atoms with Crippen molar-refractivity contribution in [2.45, 2.75) is 59.0 Å². The van der Waals surface area contributed by atoms with Gasteiger partial charge in [0.1, 0.15) is 0 Å². The fraction of sp³-hybridized carbons (Fsp3) is 1.00. The predicted molar refractivity (Wildman–Crippen MR) is 66.0 cm³/mol. The zero-order chi connectivity index (χ0) is 11.7. The van der Waals surface area contributed by atoms with Crippen LogP contribution in [0.25, 0.3) is 0 Å². The van der Waals surface area contributed by atoms with Gasteiger partial charge in [-0.15, -0.1) is 0 Å². The monoisotopic (exact) mass is 222 g/mol. The third-order valence-corrected chi connectivity index (χ3v) is 6.39. The van der Waals surface area contributed by atoms with E-state index < -0.39 is 0 Å². The zero-order valence-electron chi connectivity index (χ0n) is 11.2. The maximum atomic E-state index is 10.7. The largest absolute Gasteiger partial charge is 0.390 e. The third-order valence-electron chi connectivity index (χ3n) is 6.39. The summed E-state index contributed by atoms with van der Waals surface area (Å²) in [5.74, 6) is 3.92. The highest BCUT2D eigenvalue weighted by molar-refractivity contribution is 5.12. The molecule has 0 saturated heterocycles. The molecule has 6 atom stereocenters. The van der Waals surface area contributed by atoms with E-state index in [1.165, 1.54) is 19.3 Å². The molecule has 3 rings (SSSR count). The average Bonchev–Trinajstić information content (AvgIpc) is 2.37. The first kappa shape index (κ1) is 11.1. The lowest BCUT2D eigenvalue weighted by Crippen LogP contribution is -2.51.